The Morgan fingerprint density at radius 1 is 1.29 bits per heavy atom. The molecular weight excluding hydrogens is 210 g/mol. The van der Waals surface area contributed by atoms with Gasteiger partial charge in [0.15, 0.2) is 0 Å². The summed E-state index contributed by atoms with van der Waals surface area (Å²) >= 11 is 0. The molecule has 0 aliphatic heterocycles. The second kappa shape index (κ2) is 4.34. The van der Waals surface area contributed by atoms with Crippen molar-refractivity contribution in [2.24, 2.45) is 12.8 Å². The van der Waals surface area contributed by atoms with Crippen LogP contribution in [0.3, 0.4) is 0 Å². The standard InChI is InChI=1S/C14H19N3/c1-11-4-6-12(7-5-11)14(2,15)10-13-16-8-9-17(13)3/h4-9H,10,15H2,1-3H3. The summed E-state index contributed by atoms with van der Waals surface area (Å²) in [5.74, 6) is 1.01. The average Bonchev–Trinajstić information content (AvgIpc) is 2.64. The molecule has 0 saturated heterocycles. The fourth-order valence-corrected chi connectivity index (χ4v) is 1.93. The van der Waals surface area contributed by atoms with Crippen LogP contribution in [0.2, 0.25) is 0 Å². The summed E-state index contributed by atoms with van der Waals surface area (Å²) in [7, 11) is 1.99. The maximum absolute atomic E-state index is 6.39. The maximum atomic E-state index is 6.39. The van der Waals surface area contributed by atoms with Crippen molar-refractivity contribution in [3.8, 4) is 0 Å². The third-order valence-corrected chi connectivity index (χ3v) is 3.16. The average molecular weight is 229 g/mol. The summed E-state index contributed by atoms with van der Waals surface area (Å²) in [6, 6.07) is 8.38. The monoisotopic (exact) mass is 229 g/mol. The lowest BCUT2D eigenvalue weighted by atomic mass is 9.89. The fraction of sp³-hybridized carbons (Fsp3) is 0.357. The molecule has 3 heteroatoms. The molecular formula is C14H19N3. The smallest absolute Gasteiger partial charge is 0.110 e. The van der Waals surface area contributed by atoms with Crippen LogP contribution in [-0.4, -0.2) is 9.55 Å². The Kier molecular flexibility index (Phi) is 3.03. The first-order chi connectivity index (χ1) is 7.99. The molecule has 0 radical (unpaired) electrons. The van der Waals surface area contributed by atoms with E-state index in [4.69, 9.17) is 5.73 Å². The highest BCUT2D eigenvalue weighted by Gasteiger charge is 2.23. The molecule has 1 aromatic carbocycles. The zero-order chi connectivity index (χ0) is 12.5. The zero-order valence-corrected chi connectivity index (χ0v) is 10.6. The summed E-state index contributed by atoms with van der Waals surface area (Å²) in [6.07, 6.45) is 4.49. The number of nitrogens with two attached hydrogens (primary N) is 1. The maximum Gasteiger partial charge on any atom is 0.110 e. The summed E-state index contributed by atoms with van der Waals surface area (Å²) in [4.78, 5) is 4.33. The van der Waals surface area contributed by atoms with Gasteiger partial charge in [0, 0.05) is 31.4 Å². The molecule has 0 aliphatic rings. The van der Waals surface area contributed by atoms with Crippen molar-refractivity contribution in [3.63, 3.8) is 0 Å². The second-order valence-corrected chi connectivity index (χ2v) is 4.91. The number of aryl methyl sites for hydroxylation is 2. The summed E-state index contributed by atoms with van der Waals surface area (Å²) < 4.78 is 2.01. The molecule has 3 nitrogen and oxygen atoms in total. The lowest BCUT2D eigenvalue weighted by Gasteiger charge is -2.25. The van der Waals surface area contributed by atoms with Crippen molar-refractivity contribution in [1.29, 1.82) is 0 Å². The molecule has 1 aromatic heterocycles. The molecule has 2 rings (SSSR count). The molecule has 1 heterocycles. The minimum atomic E-state index is -0.382. The van der Waals surface area contributed by atoms with Crippen LogP contribution in [0.4, 0.5) is 0 Å². The Labute approximate surface area is 102 Å². The topological polar surface area (TPSA) is 43.8 Å². The molecule has 0 bridgehead atoms. The molecule has 0 fully saturated rings. The van der Waals surface area contributed by atoms with E-state index >= 15 is 0 Å². The third kappa shape index (κ3) is 2.56. The minimum Gasteiger partial charge on any atom is -0.338 e. The van der Waals surface area contributed by atoms with E-state index in [0.29, 0.717) is 0 Å². The lowest BCUT2D eigenvalue weighted by molar-refractivity contribution is 0.470. The lowest BCUT2D eigenvalue weighted by Crippen LogP contribution is -2.36. The van der Waals surface area contributed by atoms with Gasteiger partial charge < -0.3 is 10.3 Å². The largest absolute Gasteiger partial charge is 0.338 e. The first-order valence-corrected chi connectivity index (χ1v) is 5.81. The molecule has 0 amide bonds. The van der Waals surface area contributed by atoms with Crippen LogP contribution in [0, 0.1) is 6.92 Å². The number of nitrogens with zero attached hydrogens (tertiary/aromatic N) is 2. The van der Waals surface area contributed by atoms with Gasteiger partial charge in [-0.25, -0.2) is 4.98 Å². The Hall–Kier alpha value is -1.61. The van der Waals surface area contributed by atoms with Crippen LogP contribution >= 0.6 is 0 Å². The van der Waals surface area contributed by atoms with Gasteiger partial charge in [-0.2, -0.15) is 0 Å². The van der Waals surface area contributed by atoms with Gasteiger partial charge in [-0.3, -0.25) is 0 Å². The van der Waals surface area contributed by atoms with Gasteiger partial charge in [0.25, 0.3) is 0 Å². The van der Waals surface area contributed by atoms with Crippen LogP contribution in [0.1, 0.15) is 23.9 Å². The van der Waals surface area contributed by atoms with Crippen molar-refractivity contribution in [2.45, 2.75) is 25.8 Å². The summed E-state index contributed by atoms with van der Waals surface area (Å²) in [6.45, 7) is 4.13. The molecule has 1 unspecified atom stereocenters. The van der Waals surface area contributed by atoms with Gasteiger partial charge in [-0.15, -0.1) is 0 Å². The molecule has 90 valence electrons. The summed E-state index contributed by atoms with van der Waals surface area (Å²) in [5.41, 5.74) is 8.41. The first-order valence-electron chi connectivity index (χ1n) is 5.81. The second-order valence-electron chi connectivity index (χ2n) is 4.91. The number of aromatic nitrogens is 2. The van der Waals surface area contributed by atoms with Crippen molar-refractivity contribution in [3.05, 3.63) is 53.6 Å². The van der Waals surface area contributed by atoms with E-state index in [9.17, 15) is 0 Å². The van der Waals surface area contributed by atoms with Gasteiger partial charge in [-0.1, -0.05) is 29.8 Å². The highest BCUT2D eigenvalue weighted by molar-refractivity contribution is 5.28. The number of hydrogen-bond acceptors (Lipinski definition) is 2. The van der Waals surface area contributed by atoms with E-state index in [-0.39, 0.29) is 5.54 Å². The van der Waals surface area contributed by atoms with Crippen LogP contribution < -0.4 is 5.73 Å². The highest BCUT2D eigenvalue weighted by Crippen LogP contribution is 2.22. The molecule has 0 aliphatic carbocycles. The van der Waals surface area contributed by atoms with Gasteiger partial charge in [-0.05, 0) is 19.4 Å². The van der Waals surface area contributed by atoms with E-state index in [0.717, 1.165) is 17.8 Å². The highest BCUT2D eigenvalue weighted by atomic mass is 15.0. The van der Waals surface area contributed by atoms with Crippen molar-refractivity contribution in [1.82, 2.24) is 9.55 Å². The Morgan fingerprint density at radius 3 is 2.47 bits per heavy atom. The van der Waals surface area contributed by atoms with E-state index < -0.39 is 0 Å². The van der Waals surface area contributed by atoms with Gasteiger partial charge in [0.1, 0.15) is 5.82 Å². The summed E-state index contributed by atoms with van der Waals surface area (Å²) in [5, 5.41) is 0. The quantitative estimate of drug-likeness (QED) is 0.876. The van der Waals surface area contributed by atoms with Crippen LogP contribution in [0.15, 0.2) is 36.7 Å². The van der Waals surface area contributed by atoms with E-state index in [1.807, 2.05) is 24.7 Å². The van der Waals surface area contributed by atoms with E-state index in [1.165, 1.54) is 5.56 Å². The molecule has 0 spiro atoms. The van der Waals surface area contributed by atoms with Crippen molar-refractivity contribution < 1.29 is 0 Å². The molecule has 1 atom stereocenters. The molecule has 2 aromatic rings. The third-order valence-electron chi connectivity index (χ3n) is 3.16. The fourth-order valence-electron chi connectivity index (χ4n) is 1.93. The van der Waals surface area contributed by atoms with E-state index in [1.54, 1.807) is 6.20 Å². The zero-order valence-electron chi connectivity index (χ0n) is 10.6. The van der Waals surface area contributed by atoms with Crippen molar-refractivity contribution >= 4 is 0 Å². The van der Waals surface area contributed by atoms with Crippen LogP contribution in [-0.2, 0) is 19.0 Å². The Balaban J connectivity index is 2.24. The first kappa shape index (κ1) is 11.9. The van der Waals surface area contributed by atoms with Crippen LogP contribution in [0.25, 0.3) is 0 Å². The van der Waals surface area contributed by atoms with Crippen molar-refractivity contribution in [2.75, 3.05) is 0 Å². The molecule has 17 heavy (non-hydrogen) atoms. The van der Waals surface area contributed by atoms with Gasteiger partial charge in [0.05, 0.1) is 0 Å². The van der Waals surface area contributed by atoms with Crippen LogP contribution in [0.5, 0.6) is 0 Å². The SMILES string of the molecule is Cc1ccc(C(C)(N)Cc2nccn2C)cc1. The molecule has 2 N–H and O–H groups in total. The van der Waals surface area contributed by atoms with E-state index in [2.05, 4.69) is 36.2 Å². The predicted molar refractivity (Wildman–Crippen MR) is 69.6 cm³/mol. The Morgan fingerprint density at radius 2 is 1.94 bits per heavy atom. The number of imidazole rings is 1. The Bertz CT molecular complexity index is 494. The number of hydrogen-bond donors (Lipinski definition) is 1. The van der Waals surface area contributed by atoms with Gasteiger partial charge in [0.2, 0.25) is 0 Å². The number of rotatable bonds is 3. The minimum absolute atomic E-state index is 0.382. The molecule has 0 saturated carbocycles. The number of benzene rings is 1. The predicted octanol–water partition coefficient (Wildman–Crippen LogP) is 2.15. The normalized spacial score (nSPS) is 14.6. The van der Waals surface area contributed by atoms with Gasteiger partial charge >= 0.3 is 0 Å².